The van der Waals surface area contributed by atoms with Gasteiger partial charge >= 0.3 is 6.18 Å². The summed E-state index contributed by atoms with van der Waals surface area (Å²) in [5, 5.41) is 2.32. The molecule has 1 aliphatic heterocycles. The average Bonchev–Trinajstić information content (AvgIpc) is 2.87. The van der Waals surface area contributed by atoms with Gasteiger partial charge in [-0.2, -0.15) is 13.2 Å². The van der Waals surface area contributed by atoms with E-state index in [2.05, 4.69) is 5.43 Å². The van der Waals surface area contributed by atoms with E-state index in [4.69, 9.17) is 11.6 Å². The SMILES string of the molecule is O=C1CCN([C@@H](c2ccc(Cl)c3ccccc23)C(F)(F)F)N1. The normalized spacial score (nSPS) is 17.7. The summed E-state index contributed by atoms with van der Waals surface area (Å²) in [6.45, 7) is 0.0139. The summed E-state index contributed by atoms with van der Waals surface area (Å²) < 4.78 is 40.8. The lowest BCUT2D eigenvalue weighted by Crippen LogP contribution is -2.43. The third-order valence-electron chi connectivity index (χ3n) is 3.67. The molecule has 1 heterocycles. The van der Waals surface area contributed by atoms with Gasteiger partial charge in [0.05, 0.1) is 0 Å². The lowest BCUT2D eigenvalue weighted by atomic mass is 9.98. The number of nitrogens with one attached hydrogen (secondary N) is 1. The van der Waals surface area contributed by atoms with Gasteiger partial charge in [-0.25, -0.2) is 5.01 Å². The van der Waals surface area contributed by atoms with Crippen LogP contribution in [-0.2, 0) is 4.79 Å². The topological polar surface area (TPSA) is 32.3 Å². The van der Waals surface area contributed by atoms with Crippen LogP contribution in [-0.4, -0.2) is 23.6 Å². The van der Waals surface area contributed by atoms with Crippen molar-refractivity contribution in [3.63, 3.8) is 0 Å². The number of fused-ring (bicyclic) bond motifs is 1. The summed E-state index contributed by atoms with van der Waals surface area (Å²) in [5.74, 6) is -0.410. The van der Waals surface area contributed by atoms with E-state index in [1.54, 1.807) is 24.3 Å². The molecule has 0 bridgehead atoms. The molecular weight excluding hydrogens is 317 g/mol. The van der Waals surface area contributed by atoms with Gasteiger partial charge in [-0.1, -0.05) is 41.9 Å². The number of rotatable bonds is 2. The van der Waals surface area contributed by atoms with Crippen molar-refractivity contribution in [2.75, 3.05) is 6.54 Å². The van der Waals surface area contributed by atoms with Gasteiger partial charge < -0.3 is 0 Å². The molecule has 3 rings (SSSR count). The highest BCUT2D eigenvalue weighted by Crippen LogP contribution is 2.41. The van der Waals surface area contributed by atoms with Crippen molar-refractivity contribution in [3.8, 4) is 0 Å². The van der Waals surface area contributed by atoms with Gasteiger partial charge in [0, 0.05) is 23.4 Å². The van der Waals surface area contributed by atoms with Gasteiger partial charge in [0.25, 0.3) is 0 Å². The molecule has 0 aromatic heterocycles. The molecule has 0 unspecified atom stereocenters. The Labute approximate surface area is 129 Å². The van der Waals surface area contributed by atoms with Gasteiger partial charge in [-0.05, 0) is 17.0 Å². The van der Waals surface area contributed by atoms with E-state index in [0.717, 1.165) is 5.01 Å². The molecule has 22 heavy (non-hydrogen) atoms. The second-order valence-electron chi connectivity index (χ2n) is 5.10. The lowest BCUT2D eigenvalue weighted by molar-refractivity contribution is -0.190. The Bertz CT molecular complexity index is 732. The first kappa shape index (κ1) is 15.1. The number of carbonyl (C=O) groups is 1. The quantitative estimate of drug-likeness (QED) is 0.908. The minimum Gasteiger partial charge on any atom is -0.288 e. The molecule has 1 atom stereocenters. The third-order valence-corrected chi connectivity index (χ3v) is 4.00. The molecule has 0 saturated carbocycles. The molecule has 0 aliphatic carbocycles. The van der Waals surface area contributed by atoms with Crippen LogP contribution in [0.1, 0.15) is 18.0 Å². The molecule has 1 N–H and O–H groups in total. The molecule has 2 aromatic carbocycles. The number of nitrogens with zero attached hydrogens (tertiary/aromatic N) is 1. The number of benzene rings is 2. The number of hydrogen-bond donors (Lipinski definition) is 1. The first-order valence-electron chi connectivity index (χ1n) is 6.68. The fraction of sp³-hybridized carbons (Fsp3) is 0.267. The minimum atomic E-state index is -4.52. The van der Waals surface area contributed by atoms with Crippen LogP contribution in [0.3, 0.4) is 0 Å². The Morgan fingerprint density at radius 2 is 1.82 bits per heavy atom. The molecular formula is C15H12ClF3N2O. The van der Waals surface area contributed by atoms with E-state index >= 15 is 0 Å². The van der Waals surface area contributed by atoms with E-state index in [9.17, 15) is 18.0 Å². The molecule has 0 spiro atoms. The van der Waals surface area contributed by atoms with Gasteiger partial charge in [-0.15, -0.1) is 0 Å². The van der Waals surface area contributed by atoms with E-state index in [1.807, 2.05) is 0 Å². The second kappa shape index (κ2) is 5.44. The van der Waals surface area contributed by atoms with Crippen molar-refractivity contribution in [1.82, 2.24) is 10.4 Å². The third kappa shape index (κ3) is 2.64. The maximum Gasteiger partial charge on any atom is 0.409 e. The summed E-state index contributed by atoms with van der Waals surface area (Å²) in [7, 11) is 0. The monoisotopic (exact) mass is 328 g/mol. The standard InChI is InChI=1S/C15H12ClF3N2O/c16-12-6-5-11(9-3-1-2-4-10(9)12)14(15(17,18)19)21-8-7-13(22)20-21/h1-6,14H,7-8H2,(H,20,22)/t14-/m0/s1. The number of hydrazine groups is 1. The zero-order chi connectivity index (χ0) is 15.9. The van der Waals surface area contributed by atoms with Crippen LogP contribution >= 0.6 is 11.6 Å². The highest BCUT2D eigenvalue weighted by Gasteiger charge is 2.47. The summed E-state index contributed by atoms with van der Waals surface area (Å²) in [6.07, 6.45) is -4.47. The smallest absolute Gasteiger partial charge is 0.288 e. The first-order valence-corrected chi connectivity index (χ1v) is 7.05. The van der Waals surface area contributed by atoms with Crippen molar-refractivity contribution >= 4 is 28.3 Å². The molecule has 7 heteroatoms. The van der Waals surface area contributed by atoms with Gasteiger partial charge in [0.15, 0.2) is 6.04 Å². The van der Waals surface area contributed by atoms with E-state index in [0.29, 0.717) is 15.8 Å². The number of halogens is 4. The van der Waals surface area contributed by atoms with Crippen LogP contribution in [0.25, 0.3) is 10.8 Å². The van der Waals surface area contributed by atoms with E-state index < -0.39 is 18.1 Å². The number of hydrogen-bond acceptors (Lipinski definition) is 2. The highest BCUT2D eigenvalue weighted by atomic mass is 35.5. The summed E-state index contributed by atoms with van der Waals surface area (Å²) in [6, 6.07) is 7.59. The van der Waals surface area contributed by atoms with Crippen LogP contribution in [0.5, 0.6) is 0 Å². The van der Waals surface area contributed by atoms with Crippen LogP contribution in [0.2, 0.25) is 5.02 Å². The number of amides is 1. The van der Waals surface area contributed by atoms with Crippen LogP contribution in [0.4, 0.5) is 13.2 Å². The Balaban J connectivity index is 2.17. The zero-order valence-corrected chi connectivity index (χ0v) is 12.1. The second-order valence-corrected chi connectivity index (χ2v) is 5.51. The molecule has 116 valence electrons. The molecule has 3 nitrogen and oxygen atoms in total. The van der Waals surface area contributed by atoms with Gasteiger partial charge in [0.2, 0.25) is 5.91 Å². The maximum atomic E-state index is 13.6. The molecule has 1 aliphatic rings. The average molecular weight is 329 g/mol. The van der Waals surface area contributed by atoms with Crippen molar-refractivity contribution in [1.29, 1.82) is 0 Å². The zero-order valence-electron chi connectivity index (χ0n) is 11.3. The number of carbonyl (C=O) groups excluding carboxylic acids is 1. The molecule has 0 radical (unpaired) electrons. The van der Waals surface area contributed by atoms with Crippen molar-refractivity contribution in [2.45, 2.75) is 18.6 Å². The first-order chi connectivity index (χ1) is 10.4. The van der Waals surface area contributed by atoms with E-state index in [1.165, 1.54) is 12.1 Å². The lowest BCUT2D eigenvalue weighted by Gasteiger charge is -2.30. The molecule has 1 fully saturated rings. The van der Waals surface area contributed by atoms with Crippen LogP contribution in [0, 0.1) is 0 Å². The number of alkyl halides is 3. The van der Waals surface area contributed by atoms with Crippen molar-refractivity contribution < 1.29 is 18.0 Å². The highest BCUT2D eigenvalue weighted by molar-refractivity contribution is 6.35. The molecule has 1 amide bonds. The fourth-order valence-corrected chi connectivity index (χ4v) is 2.96. The summed E-state index contributed by atoms with van der Waals surface area (Å²) in [5.41, 5.74) is 2.36. The predicted molar refractivity (Wildman–Crippen MR) is 77.2 cm³/mol. The molecule has 2 aromatic rings. The van der Waals surface area contributed by atoms with E-state index in [-0.39, 0.29) is 18.5 Å². The van der Waals surface area contributed by atoms with Crippen LogP contribution in [0.15, 0.2) is 36.4 Å². The van der Waals surface area contributed by atoms with Gasteiger partial charge in [-0.3, -0.25) is 10.2 Å². The Kier molecular flexibility index (Phi) is 3.74. The Morgan fingerprint density at radius 1 is 1.14 bits per heavy atom. The van der Waals surface area contributed by atoms with Crippen LogP contribution < -0.4 is 5.43 Å². The fourth-order valence-electron chi connectivity index (χ4n) is 2.73. The van der Waals surface area contributed by atoms with Gasteiger partial charge in [0.1, 0.15) is 0 Å². The molecule has 1 saturated heterocycles. The largest absolute Gasteiger partial charge is 0.409 e. The van der Waals surface area contributed by atoms with Crippen molar-refractivity contribution in [3.05, 3.63) is 47.0 Å². The summed E-state index contributed by atoms with van der Waals surface area (Å²) in [4.78, 5) is 11.3. The Morgan fingerprint density at radius 3 is 2.41 bits per heavy atom. The van der Waals surface area contributed by atoms with Crippen molar-refractivity contribution in [2.24, 2.45) is 0 Å². The summed E-state index contributed by atoms with van der Waals surface area (Å²) >= 11 is 6.07. The predicted octanol–water partition coefficient (Wildman–Crippen LogP) is 3.83. The maximum absolute atomic E-state index is 13.6. The minimum absolute atomic E-state index is 0.0139. The Hall–Kier alpha value is -1.79.